The van der Waals surface area contributed by atoms with E-state index in [0.717, 1.165) is 48.9 Å². The molecule has 1 saturated heterocycles. The number of pyridine rings is 1. The van der Waals surface area contributed by atoms with Crippen molar-refractivity contribution in [2.45, 2.75) is 31.7 Å². The summed E-state index contributed by atoms with van der Waals surface area (Å²) < 4.78 is 5.27. The van der Waals surface area contributed by atoms with Crippen molar-refractivity contribution >= 4 is 5.91 Å². The first kappa shape index (κ1) is 18.9. The van der Waals surface area contributed by atoms with Crippen LogP contribution in [-0.2, 0) is 4.79 Å². The van der Waals surface area contributed by atoms with Gasteiger partial charge in [-0.3, -0.25) is 9.78 Å². The zero-order chi connectivity index (χ0) is 19.3. The van der Waals surface area contributed by atoms with Gasteiger partial charge in [-0.15, -0.1) is 0 Å². The maximum atomic E-state index is 13.0. The molecule has 1 atom stereocenters. The summed E-state index contributed by atoms with van der Waals surface area (Å²) in [5, 5.41) is 3.26. The van der Waals surface area contributed by atoms with Crippen molar-refractivity contribution in [1.29, 1.82) is 0 Å². The Morgan fingerprint density at radius 3 is 2.50 bits per heavy atom. The molecule has 1 aliphatic carbocycles. The van der Waals surface area contributed by atoms with Crippen LogP contribution in [0.1, 0.15) is 43.0 Å². The molecular weight excluding hydrogens is 350 g/mol. The third kappa shape index (κ3) is 4.71. The predicted octanol–water partition coefficient (Wildman–Crippen LogP) is 3.42. The molecule has 1 aromatic heterocycles. The lowest BCUT2D eigenvalue weighted by atomic mass is 9.94. The summed E-state index contributed by atoms with van der Waals surface area (Å²) in [6.07, 6.45) is 6.42. The number of rotatable bonds is 7. The van der Waals surface area contributed by atoms with Gasteiger partial charge >= 0.3 is 0 Å². The maximum Gasteiger partial charge on any atom is 0.224 e. The summed E-state index contributed by atoms with van der Waals surface area (Å²) in [5.41, 5.74) is 1.87. The van der Waals surface area contributed by atoms with E-state index in [-0.39, 0.29) is 17.9 Å². The minimum atomic E-state index is -0.246. The smallest absolute Gasteiger partial charge is 0.224 e. The van der Waals surface area contributed by atoms with Crippen molar-refractivity contribution in [3.63, 3.8) is 0 Å². The Balaban J connectivity index is 1.43. The lowest BCUT2D eigenvalue weighted by Crippen LogP contribution is -2.42. The number of benzene rings is 1. The van der Waals surface area contributed by atoms with Gasteiger partial charge in [0.1, 0.15) is 5.75 Å². The molecule has 1 N–H and O–H groups in total. The normalized spacial score (nSPS) is 19.2. The summed E-state index contributed by atoms with van der Waals surface area (Å²) in [4.78, 5) is 20.1. The van der Waals surface area contributed by atoms with Gasteiger partial charge in [-0.05, 0) is 74.5 Å². The highest BCUT2D eigenvalue weighted by atomic mass is 16.5. The van der Waals surface area contributed by atoms with Gasteiger partial charge < -0.3 is 15.0 Å². The molecule has 1 unspecified atom stereocenters. The van der Waals surface area contributed by atoms with Gasteiger partial charge in [0.2, 0.25) is 5.91 Å². The molecule has 0 radical (unpaired) electrons. The third-order valence-electron chi connectivity index (χ3n) is 5.89. The van der Waals surface area contributed by atoms with Crippen molar-refractivity contribution in [2.24, 2.45) is 11.8 Å². The second-order valence-corrected chi connectivity index (χ2v) is 7.99. The van der Waals surface area contributed by atoms with Crippen LogP contribution >= 0.6 is 0 Å². The standard InChI is InChI=1S/C23H29N3O2/c1-28-20-9-7-18(8-10-20)22(21-4-2-3-13-24-21)25-23(27)19-11-14-26(15-12-19)16-17-5-6-17/h2-4,7-10,13,17,19,22H,5-6,11-12,14-16H2,1H3,(H,25,27). The first-order valence-corrected chi connectivity index (χ1v) is 10.3. The van der Waals surface area contributed by atoms with Crippen LogP contribution in [0.25, 0.3) is 0 Å². The van der Waals surface area contributed by atoms with Gasteiger partial charge in [-0.25, -0.2) is 0 Å². The van der Waals surface area contributed by atoms with E-state index in [1.165, 1.54) is 19.4 Å². The fourth-order valence-corrected chi connectivity index (χ4v) is 3.97. The molecular formula is C23H29N3O2. The lowest BCUT2D eigenvalue weighted by Gasteiger charge is -2.32. The number of hydrogen-bond acceptors (Lipinski definition) is 4. The molecule has 28 heavy (non-hydrogen) atoms. The second-order valence-electron chi connectivity index (χ2n) is 7.99. The number of nitrogens with zero attached hydrogens (tertiary/aromatic N) is 2. The quantitative estimate of drug-likeness (QED) is 0.801. The molecule has 5 heteroatoms. The van der Waals surface area contributed by atoms with Crippen LogP contribution in [0.5, 0.6) is 5.75 Å². The number of aromatic nitrogens is 1. The van der Waals surface area contributed by atoms with Crippen LogP contribution < -0.4 is 10.1 Å². The highest BCUT2D eigenvalue weighted by Gasteiger charge is 2.30. The molecule has 2 fully saturated rings. The van der Waals surface area contributed by atoms with Gasteiger partial charge in [0, 0.05) is 18.7 Å². The van der Waals surface area contributed by atoms with Crippen LogP contribution in [0.15, 0.2) is 48.7 Å². The molecule has 2 aromatic rings. The van der Waals surface area contributed by atoms with Gasteiger partial charge in [0.25, 0.3) is 0 Å². The number of methoxy groups -OCH3 is 1. The van der Waals surface area contributed by atoms with Crippen molar-refractivity contribution in [1.82, 2.24) is 15.2 Å². The Bertz CT molecular complexity index is 766. The minimum absolute atomic E-state index is 0.0833. The van der Waals surface area contributed by atoms with E-state index in [1.54, 1.807) is 13.3 Å². The van der Waals surface area contributed by atoms with Crippen molar-refractivity contribution in [3.05, 3.63) is 59.9 Å². The van der Waals surface area contributed by atoms with Crippen LogP contribution in [0.3, 0.4) is 0 Å². The fourth-order valence-electron chi connectivity index (χ4n) is 3.97. The monoisotopic (exact) mass is 379 g/mol. The number of amides is 1. The van der Waals surface area contributed by atoms with Gasteiger partial charge in [-0.2, -0.15) is 0 Å². The molecule has 2 aliphatic rings. The van der Waals surface area contributed by atoms with Crippen LogP contribution in [0.2, 0.25) is 0 Å². The molecule has 1 aromatic carbocycles. The Morgan fingerprint density at radius 2 is 1.89 bits per heavy atom. The van der Waals surface area contributed by atoms with Gasteiger partial charge in [-0.1, -0.05) is 18.2 Å². The van der Waals surface area contributed by atoms with E-state index in [2.05, 4.69) is 15.2 Å². The summed E-state index contributed by atoms with van der Waals surface area (Å²) in [6, 6.07) is 13.4. The number of likely N-dealkylation sites (tertiary alicyclic amines) is 1. The van der Waals surface area contributed by atoms with Crippen molar-refractivity contribution in [3.8, 4) is 5.75 Å². The molecule has 1 saturated carbocycles. The predicted molar refractivity (Wildman–Crippen MR) is 109 cm³/mol. The Hall–Kier alpha value is -2.40. The Kier molecular flexibility index (Phi) is 5.91. The number of carbonyl (C=O) groups excluding carboxylic acids is 1. The Labute approximate surface area is 167 Å². The molecule has 2 heterocycles. The zero-order valence-corrected chi connectivity index (χ0v) is 16.5. The fraction of sp³-hybridized carbons (Fsp3) is 0.478. The molecule has 1 aliphatic heterocycles. The second kappa shape index (κ2) is 8.74. The number of hydrogen-bond donors (Lipinski definition) is 1. The first-order valence-electron chi connectivity index (χ1n) is 10.3. The summed E-state index contributed by atoms with van der Waals surface area (Å²) in [6.45, 7) is 3.29. The van der Waals surface area contributed by atoms with E-state index < -0.39 is 0 Å². The molecule has 1 amide bonds. The Morgan fingerprint density at radius 1 is 1.14 bits per heavy atom. The molecule has 5 nitrogen and oxygen atoms in total. The SMILES string of the molecule is COc1ccc(C(NC(=O)C2CCN(CC3CC3)CC2)c2ccccn2)cc1. The molecule has 0 spiro atoms. The molecule has 0 bridgehead atoms. The van der Waals surface area contributed by atoms with Gasteiger partial charge in [0.15, 0.2) is 0 Å². The number of ether oxygens (including phenoxy) is 1. The average molecular weight is 380 g/mol. The van der Waals surface area contributed by atoms with E-state index >= 15 is 0 Å². The zero-order valence-electron chi connectivity index (χ0n) is 16.5. The largest absolute Gasteiger partial charge is 0.497 e. The summed E-state index contributed by atoms with van der Waals surface area (Å²) in [5.74, 6) is 1.93. The van der Waals surface area contributed by atoms with E-state index in [1.807, 2.05) is 42.5 Å². The summed E-state index contributed by atoms with van der Waals surface area (Å²) in [7, 11) is 1.66. The third-order valence-corrected chi connectivity index (χ3v) is 5.89. The minimum Gasteiger partial charge on any atom is -0.497 e. The van der Waals surface area contributed by atoms with Crippen LogP contribution in [0.4, 0.5) is 0 Å². The first-order chi connectivity index (χ1) is 13.7. The van der Waals surface area contributed by atoms with Crippen molar-refractivity contribution < 1.29 is 9.53 Å². The number of carbonyl (C=O) groups is 1. The summed E-state index contributed by atoms with van der Waals surface area (Å²) >= 11 is 0. The highest BCUT2D eigenvalue weighted by molar-refractivity contribution is 5.79. The molecule has 148 valence electrons. The highest BCUT2D eigenvalue weighted by Crippen LogP contribution is 2.31. The topological polar surface area (TPSA) is 54.5 Å². The average Bonchev–Trinajstić information content (AvgIpc) is 3.57. The maximum absolute atomic E-state index is 13.0. The number of nitrogens with one attached hydrogen (secondary N) is 1. The van der Waals surface area contributed by atoms with Crippen LogP contribution in [0, 0.1) is 11.8 Å². The molecule has 4 rings (SSSR count). The van der Waals surface area contributed by atoms with Crippen molar-refractivity contribution in [2.75, 3.05) is 26.7 Å². The van der Waals surface area contributed by atoms with E-state index in [9.17, 15) is 4.79 Å². The van der Waals surface area contributed by atoms with Gasteiger partial charge in [0.05, 0.1) is 18.8 Å². The van der Waals surface area contributed by atoms with E-state index in [4.69, 9.17) is 4.74 Å². The van der Waals surface area contributed by atoms with E-state index in [0.29, 0.717) is 0 Å². The number of piperidine rings is 1. The lowest BCUT2D eigenvalue weighted by molar-refractivity contribution is -0.127. The van der Waals surface area contributed by atoms with Crippen LogP contribution in [-0.4, -0.2) is 42.5 Å².